The van der Waals surface area contributed by atoms with Crippen molar-refractivity contribution in [2.24, 2.45) is 0 Å². The summed E-state index contributed by atoms with van der Waals surface area (Å²) in [6.45, 7) is 2.27. The number of methoxy groups -OCH3 is 1. The highest BCUT2D eigenvalue weighted by atomic mass is 35.5. The predicted octanol–water partition coefficient (Wildman–Crippen LogP) is 4.90. The number of halogens is 1. The molecule has 1 heterocycles. The molecule has 0 aromatic heterocycles. The summed E-state index contributed by atoms with van der Waals surface area (Å²) in [5.74, 6) is -0.570. The maximum absolute atomic E-state index is 13.2. The first kappa shape index (κ1) is 23.1. The van der Waals surface area contributed by atoms with E-state index in [1.807, 2.05) is 31.2 Å². The van der Waals surface area contributed by atoms with E-state index in [9.17, 15) is 14.4 Å². The van der Waals surface area contributed by atoms with Crippen molar-refractivity contribution in [3.8, 4) is 11.5 Å². The summed E-state index contributed by atoms with van der Waals surface area (Å²) in [5, 5.41) is 2.66. The van der Waals surface area contributed by atoms with Crippen LogP contribution in [0.3, 0.4) is 0 Å². The van der Waals surface area contributed by atoms with Crippen LogP contribution in [0, 0.1) is 6.92 Å². The number of barbiturate groups is 1. The van der Waals surface area contributed by atoms with Gasteiger partial charge in [-0.3, -0.25) is 14.9 Å². The maximum Gasteiger partial charge on any atom is 0.335 e. The van der Waals surface area contributed by atoms with Crippen molar-refractivity contribution >= 4 is 41.2 Å². The van der Waals surface area contributed by atoms with Crippen LogP contribution in [0.2, 0.25) is 5.02 Å². The van der Waals surface area contributed by atoms with Gasteiger partial charge in [-0.25, -0.2) is 9.69 Å². The molecule has 1 aliphatic heterocycles. The minimum Gasteiger partial charge on any atom is -0.497 e. The molecule has 34 heavy (non-hydrogen) atoms. The number of nitrogens with one attached hydrogen (secondary N) is 1. The van der Waals surface area contributed by atoms with E-state index in [4.69, 9.17) is 21.1 Å². The molecule has 3 aromatic rings. The summed E-state index contributed by atoms with van der Waals surface area (Å²) in [5.41, 5.74) is 2.63. The highest BCUT2D eigenvalue weighted by molar-refractivity contribution is 6.39. The minimum atomic E-state index is -0.833. The molecule has 0 bridgehead atoms. The summed E-state index contributed by atoms with van der Waals surface area (Å²) in [6, 6.07) is 18.3. The van der Waals surface area contributed by atoms with Gasteiger partial charge in [-0.2, -0.15) is 0 Å². The number of carbonyl (C=O) groups excluding carboxylic acids is 3. The average molecular weight is 477 g/mol. The predicted molar refractivity (Wildman–Crippen MR) is 129 cm³/mol. The molecule has 1 aliphatic rings. The first-order valence-corrected chi connectivity index (χ1v) is 10.8. The van der Waals surface area contributed by atoms with Crippen LogP contribution in [0.5, 0.6) is 11.5 Å². The van der Waals surface area contributed by atoms with E-state index in [1.54, 1.807) is 30.3 Å². The van der Waals surface area contributed by atoms with Crippen LogP contribution < -0.4 is 19.7 Å². The van der Waals surface area contributed by atoms with Gasteiger partial charge >= 0.3 is 6.03 Å². The van der Waals surface area contributed by atoms with E-state index in [0.717, 1.165) is 16.0 Å². The molecule has 4 amide bonds. The SMILES string of the molecule is COc1ccc(/C=C2\C(=O)NC(=O)N(c3ccc(Cl)cc3)C2=O)c(OCc2cccc(C)c2)c1. The Morgan fingerprint density at radius 2 is 1.76 bits per heavy atom. The Labute approximate surface area is 201 Å². The largest absolute Gasteiger partial charge is 0.497 e. The Balaban J connectivity index is 1.68. The molecule has 0 spiro atoms. The zero-order valence-corrected chi connectivity index (χ0v) is 19.3. The topological polar surface area (TPSA) is 84.9 Å². The molecule has 1 N–H and O–H groups in total. The van der Waals surface area contributed by atoms with Crippen molar-refractivity contribution in [3.05, 3.63) is 94.0 Å². The smallest absolute Gasteiger partial charge is 0.335 e. The fourth-order valence-electron chi connectivity index (χ4n) is 3.49. The first-order chi connectivity index (χ1) is 16.4. The molecule has 0 atom stereocenters. The molecule has 7 nitrogen and oxygen atoms in total. The third kappa shape index (κ3) is 4.94. The van der Waals surface area contributed by atoms with Crippen LogP contribution in [0.4, 0.5) is 10.5 Å². The fourth-order valence-corrected chi connectivity index (χ4v) is 3.61. The van der Waals surface area contributed by atoms with Crippen molar-refractivity contribution in [3.63, 3.8) is 0 Å². The second-order valence-electron chi connectivity index (χ2n) is 7.62. The molecular weight excluding hydrogens is 456 g/mol. The number of ether oxygens (including phenoxy) is 2. The lowest BCUT2D eigenvalue weighted by Crippen LogP contribution is -2.54. The average Bonchev–Trinajstić information content (AvgIpc) is 2.82. The molecule has 3 aromatic carbocycles. The Morgan fingerprint density at radius 1 is 1.00 bits per heavy atom. The van der Waals surface area contributed by atoms with Gasteiger partial charge in [0.25, 0.3) is 11.8 Å². The second-order valence-corrected chi connectivity index (χ2v) is 8.05. The summed E-state index contributed by atoms with van der Waals surface area (Å²) < 4.78 is 11.3. The summed E-state index contributed by atoms with van der Waals surface area (Å²) in [6.07, 6.45) is 1.40. The lowest BCUT2D eigenvalue weighted by Gasteiger charge is -2.26. The van der Waals surface area contributed by atoms with Crippen LogP contribution in [0.1, 0.15) is 16.7 Å². The molecule has 1 fully saturated rings. The van der Waals surface area contributed by atoms with Crippen molar-refractivity contribution < 1.29 is 23.9 Å². The maximum atomic E-state index is 13.2. The zero-order chi connectivity index (χ0) is 24.2. The van der Waals surface area contributed by atoms with Crippen molar-refractivity contribution in [1.29, 1.82) is 0 Å². The molecule has 1 saturated heterocycles. The van der Waals surface area contributed by atoms with Crippen LogP contribution in [0.15, 0.2) is 72.3 Å². The van der Waals surface area contributed by atoms with Crippen LogP contribution >= 0.6 is 11.6 Å². The lowest BCUT2D eigenvalue weighted by atomic mass is 10.1. The van der Waals surface area contributed by atoms with Crippen LogP contribution in [0.25, 0.3) is 6.08 Å². The monoisotopic (exact) mass is 476 g/mol. The van der Waals surface area contributed by atoms with Gasteiger partial charge < -0.3 is 9.47 Å². The number of nitrogens with zero attached hydrogens (tertiary/aromatic N) is 1. The van der Waals surface area contributed by atoms with E-state index >= 15 is 0 Å². The highest BCUT2D eigenvalue weighted by Crippen LogP contribution is 2.30. The highest BCUT2D eigenvalue weighted by Gasteiger charge is 2.37. The number of imide groups is 2. The van der Waals surface area contributed by atoms with Crippen LogP contribution in [-0.4, -0.2) is 25.0 Å². The Kier molecular flexibility index (Phi) is 6.65. The van der Waals surface area contributed by atoms with Gasteiger partial charge in [0.15, 0.2) is 0 Å². The number of aryl methyl sites for hydroxylation is 1. The fraction of sp³-hybridized carbons (Fsp3) is 0.115. The second kappa shape index (κ2) is 9.80. The quantitative estimate of drug-likeness (QED) is 0.404. The normalized spacial score (nSPS) is 14.9. The van der Waals surface area contributed by atoms with Crippen molar-refractivity contribution in [2.75, 3.05) is 12.0 Å². The summed E-state index contributed by atoms with van der Waals surface area (Å²) >= 11 is 5.91. The number of carbonyl (C=O) groups is 3. The number of benzene rings is 3. The molecule has 172 valence electrons. The van der Waals surface area contributed by atoms with Gasteiger partial charge in [-0.1, -0.05) is 41.4 Å². The standard InChI is InChI=1S/C26H21ClN2O5/c1-16-4-3-5-17(12-16)15-34-23-14-21(33-2)11-6-18(23)13-22-24(30)28-26(32)29(25(22)31)20-9-7-19(27)8-10-20/h3-14H,15H2,1-2H3,(H,28,30,32)/b22-13+. The van der Waals surface area contributed by atoms with Gasteiger partial charge in [0.2, 0.25) is 0 Å². The molecule has 0 aliphatic carbocycles. The van der Waals surface area contributed by atoms with E-state index in [2.05, 4.69) is 5.32 Å². The number of amides is 4. The van der Waals surface area contributed by atoms with Crippen molar-refractivity contribution in [2.45, 2.75) is 13.5 Å². The van der Waals surface area contributed by atoms with Gasteiger partial charge in [-0.05, 0) is 55.0 Å². The Bertz CT molecular complexity index is 1300. The van der Waals surface area contributed by atoms with Crippen LogP contribution in [-0.2, 0) is 16.2 Å². The van der Waals surface area contributed by atoms with E-state index < -0.39 is 17.8 Å². The van der Waals surface area contributed by atoms with Crippen molar-refractivity contribution in [1.82, 2.24) is 5.32 Å². The summed E-state index contributed by atoms with van der Waals surface area (Å²) in [7, 11) is 1.53. The van der Waals surface area contributed by atoms with E-state index in [1.165, 1.54) is 25.3 Å². The number of rotatable bonds is 6. The lowest BCUT2D eigenvalue weighted by molar-refractivity contribution is -0.122. The van der Waals surface area contributed by atoms with E-state index in [0.29, 0.717) is 22.1 Å². The minimum absolute atomic E-state index is 0.208. The molecule has 0 radical (unpaired) electrons. The van der Waals surface area contributed by atoms with E-state index in [-0.39, 0.29) is 17.9 Å². The number of hydrogen-bond donors (Lipinski definition) is 1. The Hall–Kier alpha value is -4.10. The number of hydrogen-bond acceptors (Lipinski definition) is 5. The van der Waals surface area contributed by atoms with Gasteiger partial charge in [0.1, 0.15) is 23.7 Å². The van der Waals surface area contributed by atoms with Gasteiger partial charge in [-0.15, -0.1) is 0 Å². The molecule has 0 saturated carbocycles. The molecular formula is C26H21ClN2O5. The number of urea groups is 1. The molecule has 8 heteroatoms. The third-order valence-corrected chi connectivity index (χ3v) is 5.44. The number of anilines is 1. The molecule has 0 unspecified atom stereocenters. The zero-order valence-electron chi connectivity index (χ0n) is 18.5. The van der Waals surface area contributed by atoms with Gasteiger partial charge in [0.05, 0.1) is 12.8 Å². The third-order valence-electron chi connectivity index (χ3n) is 5.18. The summed E-state index contributed by atoms with van der Waals surface area (Å²) in [4.78, 5) is 39.0. The van der Waals surface area contributed by atoms with Gasteiger partial charge in [0, 0.05) is 16.7 Å². The Morgan fingerprint density at radius 3 is 2.47 bits per heavy atom. The first-order valence-electron chi connectivity index (χ1n) is 10.4. The molecule has 4 rings (SSSR count).